The molecule has 0 radical (unpaired) electrons. The molecule has 0 aromatic heterocycles. The largest absolute Gasteiger partial charge is 0.497 e. The second kappa shape index (κ2) is 6.74. The lowest BCUT2D eigenvalue weighted by Crippen LogP contribution is -2.03. The number of methoxy groups -OCH3 is 2. The predicted octanol–water partition coefficient (Wildman–Crippen LogP) is 5.24. The summed E-state index contributed by atoms with van der Waals surface area (Å²) < 4.78 is 10.9. The SMILES string of the molecule is COC1=CCCC(c2ccc(OC)cc2)=C1c1ccc(C)cc1. The van der Waals surface area contributed by atoms with Gasteiger partial charge in [0.1, 0.15) is 11.5 Å². The van der Waals surface area contributed by atoms with Crippen molar-refractivity contribution in [2.75, 3.05) is 14.2 Å². The fourth-order valence-corrected chi connectivity index (χ4v) is 3.03. The van der Waals surface area contributed by atoms with Gasteiger partial charge in [-0.3, -0.25) is 0 Å². The minimum atomic E-state index is 0.879. The molecule has 0 amide bonds. The molecule has 2 heteroatoms. The second-order valence-corrected chi connectivity index (χ2v) is 5.76. The first-order valence-corrected chi connectivity index (χ1v) is 7.92. The third kappa shape index (κ3) is 3.16. The van der Waals surface area contributed by atoms with Gasteiger partial charge >= 0.3 is 0 Å². The van der Waals surface area contributed by atoms with Crippen LogP contribution in [-0.2, 0) is 4.74 Å². The number of allylic oxidation sites excluding steroid dienone is 3. The molecule has 0 heterocycles. The van der Waals surface area contributed by atoms with E-state index in [4.69, 9.17) is 9.47 Å². The Bertz CT molecular complexity index is 734. The minimum Gasteiger partial charge on any atom is -0.497 e. The molecule has 1 aliphatic carbocycles. The molecular formula is C21H22O2. The van der Waals surface area contributed by atoms with Gasteiger partial charge in [0.05, 0.1) is 14.2 Å². The van der Waals surface area contributed by atoms with Crippen LogP contribution in [0, 0.1) is 6.92 Å². The van der Waals surface area contributed by atoms with Gasteiger partial charge in [-0.1, -0.05) is 42.0 Å². The molecule has 0 unspecified atom stereocenters. The van der Waals surface area contributed by atoms with E-state index >= 15 is 0 Å². The van der Waals surface area contributed by atoms with Crippen molar-refractivity contribution in [3.8, 4) is 5.75 Å². The molecule has 0 N–H and O–H groups in total. The summed E-state index contributed by atoms with van der Waals surface area (Å²) in [6.45, 7) is 2.11. The van der Waals surface area contributed by atoms with Crippen LogP contribution in [0.25, 0.3) is 11.1 Å². The number of benzene rings is 2. The summed E-state index contributed by atoms with van der Waals surface area (Å²) in [6, 6.07) is 16.9. The quantitative estimate of drug-likeness (QED) is 0.769. The third-order valence-corrected chi connectivity index (χ3v) is 4.27. The summed E-state index contributed by atoms with van der Waals surface area (Å²) in [5, 5.41) is 0. The monoisotopic (exact) mass is 306 g/mol. The fourth-order valence-electron chi connectivity index (χ4n) is 3.03. The minimum absolute atomic E-state index is 0.879. The number of rotatable bonds is 4. The molecule has 0 fully saturated rings. The average molecular weight is 306 g/mol. The van der Waals surface area contributed by atoms with Crippen molar-refractivity contribution in [3.63, 3.8) is 0 Å². The summed E-state index contributed by atoms with van der Waals surface area (Å²) >= 11 is 0. The number of ether oxygens (including phenoxy) is 2. The number of hydrogen-bond donors (Lipinski definition) is 0. The van der Waals surface area contributed by atoms with E-state index in [2.05, 4.69) is 49.4 Å². The van der Waals surface area contributed by atoms with Crippen LogP contribution in [0.3, 0.4) is 0 Å². The highest BCUT2D eigenvalue weighted by Gasteiger charge is 2.19. The van der Waals surface area contributed by atoms with E-state index in [1.165, 1.54) is 27.8 Å². The third-order valence-electron chi connectivity index (χ3n) is 4.27. The molecule has 1 aliphatic rings. The maximum absolute atomic E-state index is 5.66. The number of aryl methyl sites for hydroxylation is 1. The Hall–Kier alpha value is -2.48. The molecule has 0 bridgehead atoms. The molecule has 0 saturated heterocycles. The first kappa shape index (κ1) is 15.4. The van der Waals surface area contributed by atoms with Crippen LogP contribution < -0.4 is 4.74 Å². The van der Waals surface area contributed by atoms with Crippen molar-refractivity contribution >= 4 is 11.1 Å². The van der Waals surface area contributed by atoms with E-state index in [0.29, 0.717) is 0 Å². The Morgan fingerprint density at radius 3 is 2.04 bits per heavy atom. The number of hydrogen-bond acceptors (Lipinski definition) is 2. The lowest BCUT2D eigenvalue weighted by Gasteiger charge is -2.22. The van der Waals surface area contributed by atoms with Crippen LogP contribution in [-0.4, -0.2) is 14.2 Å². The predicted molar refractivity (Wildman–Crippen MR) is 95.3 cm³/mol. The van der Waals surface area contributed by atoms with Crippen molar-refractivity contribution in [1.82, 2.24) is 0 Å². The van der Waals surface area contributed by atoms with Crippen molar-refractivity contribution in [1.29, 1.82) is 0 Å². The maximum atomic E-state index is 5.66. The van der Waals surface area contributed by atoms with Crippen molar-refractivity contribution in [3.05, 3.63) is 77.1 Å². The van der Waals surface area contributed by atoms with Crippen LogP contribution in [0.15, 0.2) is 60.4 Å². The van der Waals surface area contributed by atoms with Gasteiger partial charge in [0.15, 0.2) is 0 Å². The highest BCUT2D eigenvalue weighted by atomic mass is 16.5. The van der Waals surface area contributed by atoms with Crippen LogP contribution in [0.1, 0.15) is 29.5 Å². The van der Waals surface area contributed by atoms with Gasteiger partial charge in [0.2, 0.25) is 0 Å². The zero-order chi connectivity index (χ0) is 16.2. The zero-order valence-electron chi connectivity index (χ0n) is 13.9. The van der Waals surface area contributed by atoms with Gasteiger partial charge in [0.25, 0.3) is 0 Å². The zero-order valence-corrected chi connectivity index (χ0v) is 13.9. The summed E-state index contributed by atoms with van der Waals surface area (Å²) in [4.78, 5) is 0. The van der Waals surface area contributed by atoms with E-state index in [1.807, 2.05) is 12.1 Å². The topological polar surface area (TPSA) is 18.5 Å². The van der Waals surface area contributed by atoms with Gasteiger partial charge in [-0.2, -0.15) is 0 Å². The van der Waals surface area contributed by atoms with Crippen LogP contribution in [0.5, 0.6) is 5.75 Å². The Morgan fingerprint density at radius 2 is 1.43 bits per heavy atom. The van der Waals surface area contributed by atoms with E-state index in [9.17, 15) is 0 Å². The molecule has 0 atom stereocenters. The molecular weight excluding hydrogens is 284 g/mol. The molecule has 3 rings (SSSR count). The van der Waals surface area contributed by atoms with E-state index in [1.54, 1.807) is 14.2 Å². The molecule has 2 aromatic rings. The van der Waals surface area contributed by atoms with Gasteiger partial charge < -0.3 is 9.47 Å². The lowest BCUT2D eigenvalue weighted by molar-refractivity contribution is 0.308. The fraction of sp³-hybridized carbons (Fsp3) is 0.238. The van der Waals surface area contributed by atoms with E-state index < -0.39 is 0 Å². The van der Waals surface area contributed by atoms with Crippen LogP contribution >= 0.6 is 0 Å². The van der Waals surface area contributed by atoms with Crippen LogP contribution in [0.4, 0.5) is 0 Å². The first-order valence-electron chi connectivity index (χ1n) is 7.92. The summed E-state index contributed by atoms with van der Waals surface area (Å²) in [5.74, 6) is 1.84. The smallest absolute Gasteiger partial charge is 0.123 e. The van der Waals surface area contributed by atoms with Gasteiger partial charge in [-0.15, -0.1) is 0 Å². The molecule has 2 aromatic carbocycles. The highest BCUT2D eigenvalue weighted by molar-refractivity contribution is 5.98. The van der Waals surface area contributed by atoms with E-state index in [0.717, 1.165) is 24.4 Å². The van der Waals surface area contributed by atoms with E-state index in [-0.39, 0.29) is 0 Å². The average Bonchev–Trinajstić information content (AvgIpc) is 2.62. The van der Waals surface area contributed by atoms with Crippen molar-refractivity contribution < 1.29 is 9.47 Å². The molecule has 23 heavy (non-hydrogen) atoms. The summed E-state index contributed by atoms with van der Waals surface area (Å²) in [7, 11) is 3.44. The Kier molecular flexibility index (Phi) is 4.52. The molecule has 0 saturated carbocycles. The van der Waals surface area contributed by atoms with Gasteiger partial charge in [0, 0.05) is 5.57 Å². The summed E-state index contributed by atoms with van der Waals surface area (Å²) in [5.41, 5.74) is 6.22. The second-order valence-electron chi connectivity index (χ2n) is 5.76. The molecule has 0 spiro atoms. The standard InChI is InChI=1S/C21H22O2/c1-15-7-9-17(10-8-15)21-19(5-4-6-20(21)23-3)16-11-13-18(22-2)14-12-16/h6-14H,4-5H2,1-3H3. The highest BCUT2D eigenvalue weighted by Crippen LogP contribution is 2.39. The van der Waals surface area contributed by atoms with Gasteiger partial charge in [-0.05, 0) is 54.7 Å². The Balaban J connectivity index is 2.13. The normalized spacial score (nSPS) is 14.5. The van der Waals surface area contributed by atoms with Gasteiger partial charge in [-0.25, -0.2) is 0 Å². The first-order chi connectivity index (χ1) is 11.2. The molecule has 0 aliphatic heterocycles. The van der Waals surface area contributed by atoms with Crippen molar-refractivity contribution in [2.24, 2.45) is 0 Å². The maximum Gasteiger partial charge on any atom is 0.123 e. The summed E-state index contributed by atoms with van der Waals surface area (Å²) in [6.07, 6.45) is 4.20. The molecule has 2 nitrogen and oxygen atoms in total. The van der Waals surface area contributed by atoms with Crippen LogP contribution in [0.2, 0.25) is 0 Å². The lowest BCUT2D eigenvalue weighted by atomic mass is 9.86. The molecule has 118 valence electrons. The van der Waals surface area contributed by atoms with Crippen molar-refractivity contribution in [2.45, 2.75) is 19.8 Å². The Morgan fingerprint density at radius 1 is 0.783 bits per heavy atom. The Labute approximate surface area is 138 Å².